The molecule has 0 aliphatic heterocycles. The van der Waals surface area contributed by atoms with Crippen LogP contribution in [0, 0.1) is 0 Å². The summed E-state index contributed by atoms with van der Waals surface area (Å²) >= 11 is 5.84. The smallest absolute Gasteiger partial charge is 0.262 e. The average Bonchev–Trinajstić information content (AvgIpc) is 2.42. The van der Waals surface area contributed by atoms with E-state index in [1.807, 2.05) is 18.2 Å². The molecule has 0 aromatic heterocycles. The van der Waals surface area contributed by atoms with Gasteiger partial charge in [-0.15, -0.1) is 0 Å². The van der Waals surface area contributed by atoms with E-state index in [1.165, 1.54) is 0 Å². The van der Waals surface area contributed by atoms with Crippen molar-refractivity contribution >= 4 is 28.9 Å². The van der Waals surface area contributed by atoms with E-state index in [0.717, 1.165) is 0 Å². The summed E-state index contributed by atoms with van der Waals surface area (Å²) in [7, 11) is 0. The molecule has 0 fully saturated rings. The second-order valence-corrected chi connectivity index (χ2v) is 4.32. The van der Waals surface area contributed by atoms with Crippen LogP contribution < -0.4 is 15.8 Å². The molecular formula is C14H13ClN2O2. The first kappa shape index (κ1) is 13.2. The second kappa shape index (κ2) is 6.11. The molecule has 0 spiro atoms. The van der Waals surface area contributed by atoms with Crippen LogP contribution in [0.1, 0.15) is 0 Å². The Morgan fingerprint density at radius 3 is 2.68 bits per heavy atom. The Hall–Kier alpha value is -2.20. The van der Waals surface area contributed by atoms with E-state index < -0.39 is 0 Å². The van der Waals surface area contributed by atoms with Crippen molar-refractivity contribution in [3.63, 3.8) is 0 Å². The number of carbonyl (C=O) groups is 1. The van der Waals surface area contributed by atoms with Gasteiger partial charge in [-0.3, -0.25) is 4.79 Å². The van der Waals surface area contributed by atoms with Crippen molar-refractivity contribution in [1.82, 2.24) is 0 Å². The molecule has 5 heteroatoms. The summed E-state index contributed by atoms with van der Waals surface area (Å²) < 4.78 is 5.32. The van der Waals surface area contributed by atoms with Gasteiger partial charge in [0.05, 0.1) is 11.4 Å². The first-order valence-corrected chi connectivity index (χ1v) is 6.05. The summed E-state index contributed by atoms with van der Waals surface area (Å²) in [6.45, 7) is -0.0873. The van der Waals surface area contributed by atoms with Crippen LogP contribution in [0.3, 0.4) is 0 Å². The maximum atomic E-state index is 11.7. The minimum atomic E-state index is -0.294. The highest BCUT2D eigenvalue weighted by atomic mass is 35.5. The third-order valence-corrected chi connectivity index (χ3v) is 2.64. The molecule has 0 saturated carbocycles. The quantitative estimate of drug-likeness (QED) is 0.844. The van der Waals surface area contributed by atoms with Gasteiger partial charge >= 0.3 is 0 Å². The van der Waals surface area contributed by atoms with Crippen molar-refractivity contribution in [2.75, 3.05) is 17.7 Å². The lowest BCUT2D eigenvalue weighted by molar-refractivity contribution is -0.118. The van der Waals surface area contributed by atoms with Gasteiger partial charge < -0.3 is 15.8 Å². The molecule has 0 heterocycles. The highest BCUT2D eigenvalue weighted by Gasteiger charge is 2.06. The van der Waals surface area contributed by atoms with Gasteiger partial charge in [-0.25, -0.2) is 0 Å². The van der Waals surface area contributed by atoms with Gasteiger partial charge in [0.2, 0.25) is 0 Å². The summed E-state index contributed by atoms with van der Waals surface area (Å²) in [5.74, 6) is 0.342. The topological polar surface area (TPSA) is 64.3 Å². The van der Waals surface area contributed by atoms with Crippen LogP contribution in [0.2, 0.25) is 5.02 Å². The maximum absolute atomic E-state index is 11.7. The fourth-order valence-corrected chi connectivity index (χ4v) is 1.66. The van der Waals surface area contributed by atoms with E-state index >= 15 is 0 Å². The monoisotopic (exact) mass is 276 g/mol. The van der Waals surface area contributed by atoms with E-state index in [2.05, 4.69) is 5.32 Å². The molecule has 1 amide bonds. The predicted octanol–water partition coefficient (Wildman–Crippen LogP) is 2.94. The Bertz CT molecular complexity index is 573. The molecule has 0 saturated heterocycles. The summed E-state index contributed by atoms with van der Waals surface area (Å²) in [6.07, 6.45) is 0. The molecule has 4 nitrogen and oxygen atoms in total. The van der Waals surface area contributed by atoms with Gasteiger partial charge in [-0.05, 0) is 30.3 Å². The number of rotatable bonds is 4. The normalized spacial score (nSPS) is 9.95. The maximum Gasteiger partial charge on any atom is 0.262 e. The van der Waals surface area contributed by atoms with Gasteiger partial charge in [0.1, 0.15) is 5.75 Å². The minimum Gasteiger partial charge on any atom is -0.484 e. The van der Waals surface area contributed by atoms with Gasteiger partial charge in [0.25, 0.3) is 5.91 Å². The summed E-state index contributed by atoms with van der Waals surface area (Å²) in [5, 5.41) is 3.16. The number of hydrogen-bond donors (Lipinski definition) is 2. The van der Waals surface area contributed by atoms with E-state index in [-0.39, 0.29) is 12.5 Å². The molecular weight excluding hydrogens is 264 g/mol. The molecule has 0 atom stereocenters. The molecule has 2 aromatic rings. The lowest BCUT2D eigenvalue weighted by Crippen LogP contribution is -2.20. The predicted molar refractivity (Wildman–Crippen MR) is 76.4 cm³/mol. The highest BCUT2D eigenvalue weighted by Crippen LogP contribution is 2.22. The number of benzene rings is 2. The van der Waals surface area contributed by atoms with Crippen molar-refractivity contribution in [3.8, 4) is 5.75 Å². The van der Waals surface area contributed by atoms with Crippen LogP contribution in [0.4, 0.5) is 11.4 Å². The number of carbonyl (C=O) groups excluding carboxylic acids is 1. The number of nitrogens with one attached hydrogen (secondary N) is 1. The zero-order valence-electron chi connectivity index (χ0n) is 10.1. The van der Waals surface area contributed by atoms with Gasteiger partial charge in [0, 0.05) is 5.02 Å². The number of ether oxygens (including phenoxy) is 1. The van der Waals surface area contributed by atoms with Gasteiger partial charge in [0.15, 0.2) is 6.61 Å². The van der Waals surface area contributed by atoms with Crippen LogP contribution in [-0.2, 0) is 4.79 Å². The van der Waals surface area contributed by atoms with Crippen LogP contribution in [0.5, 0.6) is 5.75 Å². The van der Waals surface area contributed by atoms with E-state index in [1.54, 1.807) is 30.3 Å². The number of para-hydroxylation sites is 1. The lowest BCUT2D eigenvalue weighted by Gasteiger charge is -2.09. The summed E-state index contributed by atoms with van der Waals surface area (Å²) in [6, 6.07) is 14.0. The van der Waals surface area contributed by atoms with Gasteiger partial charge in [-0.2, -0.15) is 0 Å². The zero-order valence-corrected chi connectivity index (χ0v) is 10.9. The van der Waals surface area contributed by atoms with Crippen molar-refractivity contribution in [3.05, 3.63) is 53.6 Å². The Morgan fingerprint density at radius 1 is 1.21 bits per heavy atom. The number of amides is 1. The van der Waals surface area contributed by atoms with Crippen LogP contribution in [0.25, 0.3) is 0 Å². The van der Waals surface area contributed by atoms with E-state index in [9.17, 15) is 4.79 Å². The minimum absolute atomic E-state index is 0.0873. The molecule has 2 aromatic carbocycles. The fourth-order valence-electron chi connectivity index (χ4n) is 1.49. The van der Waals surface area contributed by atoms with Crippen LogP contribution in [0.15, 0.2) is 48.5 Å². The highest BCUT2D eigenvalue weighted by molar-refractivity contribution is 6.31. The van der Waals surface area contributed by atoms with Gasteiger partial charge in [-0.1, -0.05) is 29.8 Å². The third-order valence-electron chi connectivity index (χ3n) is 2.40. The number of nitrogens with two attached hydrogens (primary N) is 1. The molecule has 19 heavy (non-hydrogen) atoms. The Balaban J connectivity index is 1.93. The standard InChI is InChI=1S/C14H13ClN2O2/c15-10-6-7-12(16)13(8-10)17-14(18)9-19-11-4-2-1-3-5-11/h1-8H,9,16H2,(H,17,18). The Morgan fingerprint density at radius 2 is 1.95 bits per heavy atom. The number of hydrogen-bond acceptors (Lipinski definition) is 3. The van der Waals surface area contributed by atoms with E-state index in [4.69, 9.17) is 22.1 Å². The number of halogens is 1. The summed E-state index contributed by atoms with van der Waals surface area (Å²) in [4.78, 5) is 11.7. The zero-order chi connectivity index (χ0) is 13.7. The SMILES string of the molecule is Nc1ccc(Cl)cc1NC(=O)COc1ccccc1. The number of anilines is 2. The molecule has 98 valence electrons. The molecule has 0 bridgehead atoms. The fraction of sp³-hybridized carbons (Fsp3) is 0.0714. The van der Waals surface area contributed by atoms with Crippen LogP contribution >= 0.6 is 11.6 Å². The second-order valence-electron chi connectivity index (χ2n) is 3.88. The first-order chi connectivity index (χ1) is 9.15. The molecule has 2 rings (SSSR count). The number of nitrogen functional groups attached to an aromatic ring is 1. The molecule has 0 radical (unpaired) electrons. The van der Waals surface area contributed by atoms with E-state index in [0.29, 0.717) is 22.1 Å². The summed E-state index contributed by atoms with van der Waals surface area (Å²) in [5.41, 5.74) is 6.67. The Labute approximate surface area is 116 Å². The van der Waals surface area contributed by atoms with Crippen molar-refractivity contribution in [2.24, 2.45) is 0 Å². The molecule has 0 unspecified atom stereocenters. The van der Waals surface area contributed by atoms with Crippen LogP contribution in [-0.4, -0.2) is 12.5 Å². The van der Waals surface area contributed by atoms with Crippen molar-refractivity contribution < 1.29 is 9.53 Å². The Kier molecular flexibility index (Phi) is 4.26. The largest absolute Gasteiger partial charge is 0.484 e. The molecule has 0 aliphatic carbocycles. The third kappa shape index (κ3) is 3.89. The van der Waals surface area contributed by atoms with Crippen molar-refractivity contribution in [2.45, 2.75) is 0 Å². The average molecular weight is 277 g/mol. The molecule has 3 N–H and O–H groups in total. The first-order valence-electron chi connectivity index (χ1n) is 5.68. The van der Waals surface area contributed by atoms with Crippen molar-refractivity contribution in [1.29, 1.82) is 0 Å². The molecule has 0 aliphatic rings. The lowest BCUT2D eigenvalue weighted by atomic mass is 10.2.